The highest BCUT2D eigenvalue weighted by Crippen LogP contribution is 2.34. The normalized spacial score (nSPS) is 11.3. The molecule has 1 amide bonds. The van der Waals surface area contributed by atoms with Crippen LogP contribution in [0.2, 0.25) is 5.02 Å². The smallest absolute Gasteiger partial charge is 0.416 e. The van der Waals surface area contributed by atoms with Crippen LogP contribution in [-0.2, 0) is 17.5 Å². The van der Waals surface area contributed by atoms with E-state index < -0.39 is 11.7 Å². The third-order valence-electron chi connectivity index (χ3n) is 3.53. The fraction of sp³-hybridized carbons (Fsp3) is 0.316. The van der Waals surface area contributed by atoms with Crippen molar-refractivity contribution < 1.29 is 27.4 Å². The number of carbonyl (C=O) groups excluding carboxylic acids is 1. The summed E-state index contributed by atoms with van der Waals surface area (Å²) in [5.41, 5.74) is 0.256. The number of alkyl halides is 3. The summed E-state index contributed by atoms with van der Waals surface area (Å²) in [4.78, 5) is 12.1. The van der Waals surface area contributed by atoms with Crippen molar-refractivity contribution in [3.05, 3.63) is 64.2 Å². The first-order valence-corrected chi connectivity index (χ1v) is 8.63. The summed E-state index contributed by atoms with van der Waals surface area (Å²) >= 11 is 5.86. The van der Waals surface area contributed by atoms with E-state index in [1.165, 1.54) is 6.07 Å². The Hall–Kier alpha value is -2.25. The molecule has 0 saturated carbocycles. The average molecular weight is 402 g/mol. The largest absolute Gasteiger partial charge is 0.487 e. The van der Waals surface area contributed by atoms with Crippen molar-refractivity contribution in [3.63, 3.8) is 0 Å². The Morgan fingerprint density at radius 2 is 1.96 bits per heavy atom. The van der Waals surface area contributed by atoms with Crippen LogP contribution in [-0.4, -0.2) is 19.2 Å². The van der Waals surface area contributed by atoms with Gasteiger partial charge in [0.15, 0.2) is 0 Å². The molecule has 2 aromatic carbocycles. The van der Waals surface area contributed by atoms with E-state index in [1.807, 2.05) is 6.92 Å². The highest BCUT2D eigenvalue weighted by molar-refractivity contribution is 6.32. The molecule has 2 rings (SSSR count). The van der Waals surface area contributed by atoms with Gasteiger partial charge in [0.05, 0.1) is 10.6 Å². The molecule has 0 unspecified atom stereocenters. The second-order valence-corrected chi connectivity index (χ2v) is 6.10. The minimum atomic E-state index is -4.47. The first kappa shape index (κ1) is 21.1. The van der Waals surface area contributed by atoms with Crippen molar-refractivity contribution in [2.75, 3.05) is 13.3 Å². The predicted molar refractivity (Wildman–Crippen MR) is 95.8 cm³/mol. The molecule has 2 aromatic rings. The van der Waals surface area contributed by atoms with Gasteiger partial charge in [-0.1, -0.05) is 30.7 Å². The van der Waals surface area contributed by atoms with Crippen LogP contribution < -0.4 is 10.1 Å². The van der Waals surface area contributed by atoms with Gasteiger partial charge in [-0.3, -0.25) is 4.79 Å². The third-order valence-corrected chi connectivity index (χ3v) is 3.82. The number of amides is 1. The highest BCUT2D eigenvalue weighted by Gasteiger charge is 2.31. The molecule has 4 nitrogen and oxygen atoms in total. The molecule has 0 atom stereocenters. The summed E-state index contributed by atoms with van der Waals surface area (Å²) in [6.07, 6.45) is -3.61. The molecule has 0 saturated heterocycles. The number of hydrogen-bond donors (Lipinski definition) is 1. The Labute approximate surface area is 160 Å². The van der Waals surface area contributed by atoms with Gasteiger partial charge in [0, 0.05) is 12.2 Å². The molecule has 0 heterocycles. The Bertz CT molecular complexity index is 781. The van der Waals surface area contributed by atoms with E-state index in [2.05, 4.69) is 5.32 Å². The molecule has 0 radical (unpaired) electrons. The van der Waals surface area contributed by atoms with Crippen molar-refractivity contribution in [1.29, 1.82) is 0 Å². The van der Waals surface area contributed by atoms with Gasteiger partial charge < -0.3 is 14.8 Å². The van der Waals surface area contributed by atoms with Crippen LogP contribution in [0, 0.1) is 0 Å². The van der Waals surface area contributed by atoms with E-state index in [-0.39, 0.29) is 30.0 Å². The van der Waals surface area contributed by atoms with Gasteiger partial charge in [0.25, 0.3) is 5.91 Å². The van der Waals surface area contributed by atoms with Crippen LogP contribution in [0.15, 0.2) is 42.5 Å². The molecule has 0 aliphatic heterocycles. The van der Waals surface area contributed by atoms with Crippen molar-refractivity contribution in [3.8, 4) is 5.75 Å². The second-order valence-electron chi connectivity index (χ2n) is 5.69. The van der Waals surface area contributed by atoms with E-state index in [1.54, 1.807) is 24.3 Å². The minimum absolute atomic E-state index is 0.0541. The lowest BCUT2D eigenvalue weighted by molar-refractivity contribution is -0.137. The molecule has 0 bridgehead atoms. The highest BCUT2D eigenvalue weighted by atomic mass is 35.5. The summed E-state index contributed by atoms with van der Waals surface area (Å²) in [6, 6.07) is 9.60. The molecule has 0 aliphatic carbocycles. The molecule has 146 valence electrons. The lowest BCUT2D eigenvalue weighted by Gasteiger charge is -2.12. The van der Waals surface area contributed by atoms with Gasteiger partial charge in [-0.15, -0.1) is 0 Å². The standard InChI is InChI=1S/C19H19ClF3NO3/c1-2-8-26-12-24-18(25)14-5-3-4-13(9-14)11-27-17-7-6-15(10-16(17)20)19(21,22)23/h3-7,9-10H,2,8,11-12H2,1H3,(H,24,25). The summed E-state index contributed by atoms with van der Waals surface area (Å²) in [5, 5.41) is 2.50. The van der Waals surface area contributed by atoms with Gasteiger partial charge >= 0.3 is 6.18 Å². The maximum absolute atomic E-state index is 12.7. The quantitative estimate of drug-likeness (QED) is 0.497. The average Bonchev–Trinajstić information content (AvgIpc) is 2.63. The van der Waals surface area contributed by atoms with E-state index in [4.69, 9.17) is 21.1 Å². The first-order valence-electron chi connectivity index (χ1n) is 8.25. The van der Waals surface area contributed by atoms with Gasteiger partial charge in [0.2, 0.25) is 0 Å². The van der Waals surface area contributed by atoms with Crippen LogP contribution in [0.4, 0.5) is 13.2 Å². The van der Waals surface area contributed by atoms with Crippen LogP contribution in [0.25, 0.3) is 0 Å². The van der Waals surface area contributed by atoms with Crippen LogP contribution in [0.1, 0.15) is 34.8 Å². The van der Waals surface area contributed by atoms with E-state index in [0.29, 0.717) is 17.7 Å². The van der Waals surface area contributed by atoms with E-state index in [9.17, 15) is 18.0 Å². The Balaban J connectivity index is 1.97. The first-order chi connectivity index (χ1) is 12.8. The van der Waals surface area contributed by atoms with Crippen molar-refractivity contribution >= 4 is 17.5 Å². The number of hydrogen-bond acceptors (Lipinski definition) is 3. The number of halogens is 4. The summed E-state index contributed by atoms with van der Waals surface area (Å²) in [6.45, 7) is 2.70. The zero-order valence-corrected chi connectivity index (χ0v) is 15.4. The number of rotatable bonds is 8. The lowest BCUT2D eigenvalue weighted by atomic mass is 10.1. The summed E-state index contributed by atoms with van der Waals surface area (Å²) < 4.78 is 48.7. The maximum atomic E-state index is 12.7. The van der Waals surface area contributed by atoms with Crippen LogP contribution in [0.5, 0.6) is 5.75 Å². The zero-order valence-electron chi connectivity index (χ0n) is 14.6. The SMILES string of the molecule is CCCOCNC(=O)c1cccc(COc2ccc(C(F)(F)F)cc2Cl)c1. The van der Waals surface area contributed by atoms with E-state index >= 15 is 0 Å². The fourth-order valence-corrected chi connectivity index (χ4v) is 2.43. The Morgan fingerprint density at radius 3 is 2.63 bits per heavy atom. The monoisotopic (exact) mass is 401 g/mol. The zero-order chi connectivity index (χ0) is 19.9. The van der Waals surface area contributed by atoms with Crippen LogP contribution in [0.3, 0.4) is 0 Å². The Kier molecular flexibility index (Phi) is 7.50. The molecular formula is C19H19ClF3NO3. The molecule has 8 heteroatoms. The van der Waals surface area contributed by atoms with Gasteiger partial charge in [-0.2, -0.15) is 13.2 Å². The molecule has 0 spiro atoms. The van der Waals surface area contributed by atoms with E-state index in [0.717, 1.165) is 18.6 Å². The topological polar surface area (TPSA) is 47.6 Å². The Morgan fingerprint density at radius 1 is 1.19 bits per heavy atom. The third kappa shape index (κ3) is 6.45. The molecular weight excluding hydrogens is 383 g/mol. The van der Waals surface area contributed by atoms with Crippen molar-refractivity contribution in [2.24, 2.45) is 0 Å². The molecule has 0 aromatic heterocycles. The molecule has 1 N–H and O–H groups in total. The number of benzene rings is 2. The minimum Gasteiger partial charge on any atom is -0.487 e. The van der Waals surface area contributed by atoms with Gasteiger partial charge in [-0.05, 0) is 42.3 Å². The maximum Gasteiger partial charge on any atom is 0.416 e. The summed E-state index contributed by atoms with van der Waals surface area (Å²) in [5.74, 6) is -0.159. The predicted octanol–water partition coefficient (Wildman–Crippen LogP) is 5.05. The lowest BCUT2D eigenvalue weighted by Crippen LogP contribution is -2.26. The molecule has 27 heavy (non-hydrogen) atoms. The molecule has 0 fully saturated rings. The number of carbonyl (C=O) groups is 1. The number of ether oxygens (including phenoxy) is 2. The van der Waals surface area contributed by atoms with Crippen molar-refractivity contribution in [1.82, 2.24) is 5.32 Å². The van der Waals surface area contributed by atoms with Gasteiger partial charge in [0.1, 0.15) is 19.1 Å². The molecule has 0 aliphatic rings. The van der Waals surface area contributed by atoms with Crippen molar-refractivity contribution in [2.45, 2.75) is 26.1 Å². The number of nitrogens with one attached hydrogen (secondary N) is 1. The second kappa shape index (κ2) is 9.62. The van der Waals surface area contributed by atoms with Crippen LogP contribution >= 0.6 is 11.6 Å². The fourth-order valence-electron chi connectivity index (χ4n) is 2.19. The van der Waals surface area contributed by atoms with Gasteiger partial charge in [-0.25, -0.2) is 0 Å². The summed E-state index contributed by atoms with van der Waals surface area (Å²) in [7, 11) is 0.